The van der Waals surface area contributed by atoms with Crippen molar-refractivity contribution in [2.45, 2.75) is 25.4 Å². The minimum atomic E-state index is -0.592. The molecule has 0 aliphatic carbocycles. The molecule has 6 nitrogen and oxygen atoms in total. The normalized spacial score (nSPS) is 16.6. The molecule has 7 heteroatoms. The van der Waals surface area contributed by atoms with Gasteiger partial charge in [-0.05, 0) is 30.5 Å². The Bertz CT molecular complexity index is 739. The summed E-state index contributed by atoms with van der Waals surface area (Å²) in [6.07, 6.45) is 4.95. The zero-order valence-electron chi connectivity index (χ0n) is 13.4. The standard InChI is InChI=1S/C17H19FN4O2/c1-22-11-13(10-20-22)15-9-16(24-21-15)17(23)19-8-2-3-12-4-6-14(18)7-5-12/h4-7,10-11,16H,2-3,8-9H2,1H3,(H,19,23)/t16-/m0/s1. The molecule has 0 unspecified atom stereocenters. The lowest BCUT2D eigenvalue weighted by molar-refractivity contribution is -0.131. The Kier molecular flexibility index (Phi) is 4.88. The van der Waals surface area contributed by atoms with Crippen LogP contribution in [0.1, 0.15) is 24.0 Å². The van der Waals surface area contributed by atoms with Gasteiger partial charge in [0.05, 0.1) is 11.9 Å². The maximum absolute atomic E-state index is 12.8. The van der Waals surface area contributed by atoms with Crippen molar-refractivity contribution in [3.63, 3.8) is 0 Å². The van der Waals surface area contributed by atoms with Crippen LogP contribution in [0.25, 0.3) is 0 Å². The molecular weight excluding hydrogens is 311 g/mol. The van der Waals surface area contributed by atoms with E-state index in [0.29, 0.717) is 13.0 Å². The Morgan fingerprint density at radius 1 is 1.42 bits per heavy atom. The quantitative estimate of drug-likeness (QED) is 0.821. The van der Waals surface area contributed by atoms with Gasteiger partial charge in [0.25, 0.3) is 5.91 Å². The monoisotopic (exact) mass is 330 g/mol. The molecule has 1 aliphatic rings. The molecule has 24 heavy (non-hydrogen) atoms. The molecular formula is C17H19FN4O2. The summed E-state index contributed by atoms with van der Waals surface area (Å²) in [5.74, 6) is -0.411. The number of hydrogen-bond acceptors (Lipinski definition) is 4. The van der Waals surface area contributed by atoms with E-state index in [1.807, 2.05) is 13.2 Å². The highest BCUT2D eigenvalue weighted by molar-refractivity contribution is 6.03. The van der Waals surface area contributed by atoms with Gasteiger partial charge in [-0.3, -0.25) is 9.48 Å². The van der Waals surface area contributed by atoms with Crippen molar-refractivity contribution in [3.05, 3.63) is 53.6 Å². The van der Waals surface area contributed by atoms with Crippen LogP contribution in [-0.2, 0) is 23.1 Å². The van der Waals surface area contributed by atoms with E-state index in [-0.39, 0.29) is 11.7 Å². The summed E-state index contributed by atoms with van der Waals surface area (Å²) in [4.78, 5) is 17.3. The Hall–Kier alpha value is -2.70. The third-order valence-corrected chi connectivity index (χ3v) is 3.85. The van der Waals surface area contributed by atoms with Crippen LogP contribution in [0.4, 0.5) is 4.39 Å². The summed E-state index contributed by atoms with van der Waals surface area (Å²) in [6.45, 7) is 0.540. The fourth-order valence-corrected chi connectivity index (χ4v) is 2.53. The van der Waals surface area contributed by atoms with Gasteiger partial charge >= 0.3 is 0 Å². The van der Waals surface area contributed by atoms with Crippen molar-refractivity contribution >= 4 is 11.6 Å². The number of oxime groups is 1. The van der Waals surface area contributed by atoms with Crippen LogP contribution in [0.5, 0.6) is 0 Å². The highest BCUT2D eigenvalue weighted by atomic mass is 19.1. The number of benzene rings is 1. The summed E-state index contributed by atoms with van der Waals surface area (Å²) in [5, 5.41) is 10.9. The van der Waals surface area contributed by atoms with Crippen LogP contribution < -0.4 is 5.32 Å². The number of carbonyl (C=O) groups is 1. The third-order valence-electron chi connectivity index (χ3n) is 3.85. The molecule has 126 valence electrons. The van der Waals surface area contributed by atoms with E-state index in [1.54, 1.807) is 23.0 Å². The van der Waals surface area contributed by atoms with Crippen molar-refractivity contribution in [2.75, 3.05) is 6.54 Å². The fraction of sp³-hybridized carbons (Fsp3) is 0.353. The summed E-state index contributed by atoms with van der Waals surface area (Å²) in [5.41, 5.74) is 2.64. The lowest BCUT2D eigenvalue weighted by Crippen LogP contribution is -2.35. The molecule has 2 aromatic rings. The molecule has 2 heterocycles. The second kappa shape index (κ2) is 7.25. The van der Waals surface area contributed by atoms with Crippen LogP contribution in [0.2, 0.25) is 0 Å². The molecule has 1 aliphatic heterocycles. The van der Waals surface area contributed by atoms with Gasteiger partial charge in [0, 0.05) is 31.8 Å². The van der Waals surface area contributed by atoms with Gasteiger partial charge in [-0.2, -0.15) is 5.10 Å². The maximum Gasteiger partial charge on any atom is 0.264 e. The Labute approximate surface area is 139 Å². The van der Waals surface area contributed by atoms with E-state index < -0.39 is 6.10 Å². The molecule has 0 radical (unpaired) electrons. The molecule has 1 aromatic carbocycles. The minimum Gasteiger partial charge on any atom is -0.382 e. The average molecular weight is 330 g/mol. The van der Waals surface area contributed by atoms with Gasteiger partial charge in [-0.15, -0.1) is 0 Å². The van der Waals surface area contributed by atoms with Gasteiger partial charge in [0.1, 0.15) is 5.82 Å². The lowest BCUT2D eigenvalue weighted by atomic mass is 10.1. The van der Waals surface area contributed by atoms with Crippen LogP contribution in [-0.4, -0.2) is 34.0 Å². The SMILES string of the molecule is Cn1cc(C2=NO[C@H](C(=O)NCCCc3ccc(F)cc3)C2)cn1. The van der Waals surface area contributed by atoms with E-state index in [4.69, 9.17) is 4.84 Å². The number of hydrogen-bond donors (Lipinski definition) is 1. The number of carbonyl (C=O) groups excluding carboxylic acids is 1. The maximum atomic E-state index is 12.8. The van der Waals surface area contributed by atoms with Gasteiger partial charge in [0.15, 0.2) is 0 Å². The van der Waals surface area contributed by atoms with E-state index >= 15 is 0 Å². The molecule has 1 N–H and O–H groups in total. The Morgan fingerprint density at radius 3 is 2.92 bits per heavy atom. The zero-order valence-corrected chi connectivity index (χ0v) is 13.4. The number of halogens is 1. The van der Waals surface area contributed by atoms with Crippen molar-refractivity contribution in [2.24, 2.45) is 12.2 Å². The van der Waals surface area contributed by atoms with Crippen LogP contribution >= 0.6 is 0 Å². The lowest BCUT2D eigenvalue weighted by Gasteiger charge is -2.09. The molecule has 0 spiro atoms. The van der Waals surface area contributed by atoms with Crippen LogP contribution in [0, 0.1) is 5.82 Å². The van der Waals surface area contributed by atoms with Crippen molar-refractivity contribution in [3.8, 4) is 0 Å². The van der Waals surface area contributed by atoms with E-state index in [0.717, 1.165) is 29.7 Å². The first-order valence-corrected chi connectivity index (χ1v) is 7.85. The predicted molar refractivity (Wildman–Crippen MR) is 87.0 cm³/mol. The van der Waals surface area contributed by atoms with Gasteiger partial charge < -0.3 is 10.2 Å². The first-order valence-electron chi connectivity index (χ1n) is 7.85. The molecule has 0 fully saturated rings. The number of aromatic nitrogens is 2. The molecule has 0 saturated carbocycles. The summed E-state index contributed by atoms with van der Waals surface area (Å²) in [7, 11) is 1.82. The third kappa shape index (κ3) is 3.98. The van der Waals surface area contributed by atoms with Crippen molar-refractivity contribution in [1.29, 1.82) is 0 Å². The molecule has 1 aromatic heterocycles. The summed E-state index contributed by atoms with van der Waals surface area (Å²) >= 11 is 0. The molecule has 0 bridgehead atoms. The largest absolute Gasteiger partial charge is 0.382 e. The second-order valence-corrected chi connectivity index (χ2v) is 5.76. The van der Waals surface area contributed by atoms with Gasteiger partial charge in [0.2, 0.25) is 6.10 Å². The molecule has 1 amide bonds. The Balaban J connectivity index is 1.39. The second-order valence-electron chi connectivity index (χ2n) is 5.76. The van der Waals surface area contributed by atoms with Gasteiger partial charge in [-0.25, -0.2) is 4.39 Å². The van der Waals surface area contributed by atoms with E-state index in [2.05, 4.69) is 15.6 Å². The van der Waals surface area contributed by atoms with E-state index in [9.17, 15) is 9.18 Å². The number of amides is 1. The van der Waals surface area contributed by atoms with Crippen molar-refractivity contribution < 1.29 is 14.0 Å². The average Bonchev–Trinajstić information content (AvgIpc) is 3.22. The molecule has 0 saturated heterocycles. The first kappa shape index (κ1) is 16.2. The smallest absolute Gasteiger partial charge is 0.264 e. The minimum absolute atomic E-state index is 0.170. The highest BCUT2D eigenvalue weighted by Crippen LogP contribution is 2.16. The highest BCUT2D eigenvalue weighted by Gasteiger charge is 2.29. The van der Waals surface area contributed by atoms with Gasteiger partial charge in [-0.1, -0.05) is 17.3 Å². The van der Waals surface area contributed by atoms with E-state index in [1.165, 1.54) is 12.1 Å². The topological polar surface area (TPSA) is 68.5 Å². The summed E-state index contributed by atoms with van der Waals surface area (Å²) < 4.78 is 14.5. The first-order chi connectivity index (χ1) is 11.6. The summed E-state index contributed by atoms with van der Waals surface area (Å²) in [6, 6.07) is 6.39. The Morgan fingerprint density at radius 2 is 2.21 bits per heavy atom. The zero-order chi connectivity index (χ0) is 16.9. The molecule has 1 atom stereocenters. The predicted octanol–water partition coefficient (Wildman–Crippen LogP) is 1.80. The number of nitrogens with one attached hydrogen (secondary N) is 1. The number of aryl methyl sites for hydroxylation is 2. The number of nitrogens with zero attached hydrogens (tertiary/aromatic N) is 3. The van der Waals surface area contributed by atoms with Crippen molar-refractivity contribution in [1.82, 2.24) is 15.1 Å². The molecule has 3 rings (SSSR count). The van der Waals surface area contributed by atoms with Crippen LogP contribution in [0.15, 0.2) is 41.8 Å². The number of rotatable bonds is 6. The fourth-order valence-electron chi connectivity index (χ4n) is 2.53. The van der Waals surface area contributed by atoms with Crippen LogP contribution in [0.3, 0.4) is 0 Å².